The Morgan fingerprint density at radius 1 is 0.420 bits per heavy atom. The molecule has 2 heteroatoms. The van der Waals surface area contributed by atoms with E-state index in [0.29, 0.717) is 0 Å². The van der Waals surface area contributed by atoms with Crippen LogP contribution in [0.15, 0.2) is 152 Å². The standard InChI is InChI=1S/C48H35NS/c1-3-11-31(12-4-1)32-17-21-35(22-18-32)49-44-16-8-6-14-37(44)38-23-19-34(28-45(38)49)33-20-24-46-40(27-33)41-29-43-39(30-47(41)50-46)36-13-5-7-15-42(36)48(43)25-9-2-10-26-48/h1,3-8,11-24,27-30H,2,9-10,25-26H2. The molecule has 1 fully saturated rings. The van der Waals surface area contributed by atoms with Gasteiger partial charge in [0.25, 0.3) is 0 Å². The minimum Gasteiger partial charge on any atom is -0.309 e. The molecule has 2 heterocycles. The lowest BCUT2D eigenvalue weighted by atomic mass is 9.68. The SMILES string of the molecule is c1ccc(-c2ccc(-n3c4ccccc4c4ccc(-c5ccc6sc7cc8c(cc7c6c5)C5(CCCCC5)c5ccccc5-8)cc43)cc2)cc1. The van der Waals surface area contributed by atoms with E-state index in [1.54, 1.807) is 11.1 Å². The zero-order valence-corrected chi connectivity index (χ0v) is 28.6. The van der Waals surface area contributed by atoms with Crippen LogP contribution < -0.4 is 0 Å². The van der Waals surface area contributed by atoms with E-state index in [1.165, 1.54) is 113 Å². The number of para-hydroxylation sites is 1. The summed E-state index contributed by atoms with van der Waals surface area (Å²) in [5, 5.41) is 5.36. The summed E-state index contributed by atoms with van der Waals surface area (Å²) in [4.78, 5) is 0. The highest BCUT2D eigenvalue weighted by Crippen LogP contribution is 2.57. The molecule has 2 aromatic heterocycles. The molecule has 1 spiro atoms. The van der Waals surface area contributed by atoms with E-state index in [1.807, 2.05) is 11.3 Å². The summed E-state index contributed by atoms with van der Waals surface area (Å²) >= 11 is 1.94. The van der Waals surface area contributed by atoms with Gasteiger partial charge < -0.3 is 4.57 Å². The average molecular weight is 658 g/mol. The summed E-state index contributed by atoms with van der Waals surface area (Å²) in [7, 11) is 0. The van der Waals surface area contributed by atoms with Crippen LogP contribution in [0.5, 0.6) is 0 Å². The molecule has 9 aromatic rings. The van der Waals surface area contributed by atoms with E-state index in [2.05, 4.69) is 156 Å². The lowest BCUT2D eigenvalue weighted by Gasteiger charge is -2.36. The van der Waals surface area contributed by atoms with Crippen LogP contribution in [0.25, 0.3) is 81.0 Å². The molecule has 0 unspecified atom stereocenters. The molecule has 50 heavy (non-hydrogen) atoms. The highest BCUT2D eigenvalue weighted by molar-refractivity contribution is 7.25. The van der Waals surface area contributed by atoms with Gasteiger partial charge in [0.2, 0.25) is 0 Å². The van der Waals surface area contributed by atoms with Gasteiger partial charge in [-0.05, 0) is 106 Å². The first-order valence-electron chi connectivity index (χ1n) is 18.1. The van der Waals surface area contributed by atoms with Gasteiger partial charge in [0.05, 0.1) is 11.0 Å². The minimum atomic E-state index is 0.169. The predicted octanol–water partition coefficient (Wildman–Crippen LogP) is 13.7. The molecule has 0 bridgehead atoms. The zero-order valence-electron chi connectivity index (χ0n) is 27.8. The van der Waals surface area contributed by atoms with Gasteiger partial charge in [0.15, 0.2) is 0 Å². The van der Waals surface area contributed by atoms with Gasteiger partial charge in [-0.3, -0.25) is 0 Å². The molecule has 7 aromatic carbocycles. The molecule has 0 saturated heterocycles. The summed E-state index contributed by atoms with van der Waals surface area (Å²) in [6, 6.07) is 57.0. The van der Waals surface area contributed by atoms with Crippen LogP contribution in [0.4, 0.5) is 0 Å². The maximum Gasteiger partial charge on any atom is 0.0547 e. The molecule has 0 N–H and O–H groups in total. The van der Waals surface area contributed by atoms with Crippen molar-refractivity contribution in [1.29, 1.82) is 0 Å². The molecule has 2 aliphatic rings. The topological polar surface area (TPSA) is 4.93 Å². The van der Waals surface area contributed by atoms with Crippen LogP contribution in [0.1, 0.15) is 43.2 Å². The third-order valence-corrected chi connectivity index (χ3v) is 12.9. The fourth-order valence-corrected chi connectivity index (χ4v) is 10.6. The summed E-state index contributed by atoms with van der Waals surface area (Å²) in [6.07, 6.45) is 6.51. The molecule has 238 valence electrons. The van der Waals surface area contributed by atoms with Crippen LogP contribution in [0, 0.1) is 0 Å². The van der Waals surface area contributed by atoms with Gasteiger partial charge in [-0.1, -0.05) is 122 Å². The molecular formula is C48H35NS. The van der Waals surface area contributed by atoms with Crippen LogP contribution >= 0.6 is 11.3 Å². The van der Waals surface area contributed by atoms with E-state index in [9.17, 15) is 0 Å². The van der Waals surface area contributed by atoms with Gasteiger partial charge in [-0.25, -0.2) is 0 Å². The van der Waals surface area contributed by atoms with E-state index in [0.717, 1.165) is 0 Å². The van der Waals surface area contributed by atoms with Crippen molar-refractivity contribution in [2.24, 2.45) is 0 Å². The van der Waals surface area contributed by atoms with Crippen molar-refractivity contribution in [2.45, 2.75) is 37.5 Å². The molecule has 1 nitrogen and oxygen atoms in total. The molecule has 1 saturated carbocycles. The summed E-state index contributed by atoms with van der Waals surface area (Å²) in [5.74, 6) is 0. The Kier molecular flexibility index (Phi) is 6.12. The number of nitrogens with zero attached hydrogens (tertiary/aromatic N) is 1. The van der Waals surface area contributed by atoms with Crippen molar-refractivity contribution in [1.82, 2.24) is 4.57 Å². The van der Waals surface area contributed by atoms with Gasteiger partial charge >= 0.3 is 0 Å². The zero-order chi connectivity index (χ0) is 32.8. The van der Waals surface area contributed by atoms with Crippen LogP contribution in [0.3, 0.4) is 0 Å². The molecule has 0 radical (unpaired) electrons. The second-order valence-corrected chi connectivity index (χ2v) is 15.5. The Hall–Kier alpha value is -5.44. The minimum absolute atomic E-state index is 0.169. The smallest absolute Gasteiger partial charge is 0.0547 e. The first-order valence-corrected chi connectivity index (χ1v) is 18.9. The van der Waals surface area contributed by atoms with Crippen molar-refractivity contribution >= 4 is 53.3 Å². The first kappa shape index (κ1) is 28.4. The molecule has 0 amide bonds. The largest absolute Gasteiger partial charge is 0.309 e. The maximum atomic E-state index is 2.60. The lowest BCUT2D eigenvalue weighted by molar-refractivity contribution is 0.353. The van der Waals surface area contributed by atoms with E-state index < -0.39 is 0 Å². The molecular weight excluding hydrogens is 623 g/mol. The van der Waals surface area contributed by atoms with Crippen molar-refractivity contribution < 1.29 is 0 Å². The van der Waals surface area contributed by atoms with Gasteiger partial charge in [-0.15, -0.1) is 11.3 Å². The Labute approximate surface area is 296 Å². The Morgan fingerprint density at radius 3 is 1.98 bits per heavy atom. The van der Waals surface area contributed by atoms with Crippen LogP contribution in [0.2, 0.25) is 0 Å². The van der Waals surface area contributed by atoms with Crippen molar-refractivity contribution in [3.05, 3.63) is 163 Å². The van der Waals surface area contributed by atoms with E-state index >= 15 is 0 Å². The number of hydrogen-bond donors (Lipinski definition) is 0. The second kappa shape index (κ2) is 10.8. The first-order chi connectivity index (χ1) is 24.7. The number of aromatic nitrogens is 1. The van der Waals surface area contributed by atoms with Crippen LogP contribution in [-0.2, 0) is 5.41 Å². The number of benzene rings is 7. The Bertz CT molecular complexity index is 2770. The maximum absolute atomic E-state index is 2.60. The highest BCUT2D eigenvalue weighted by atomic mass is 32.1. The van der Waals surface area contributed by atoms with Crippen LogP contribution in [-0.4, -0.2) is 4.57 Å². The van der Waals surface area contributed by atoms with Gasteiger partial charge in [0.1, 0.15) is 0 Å². The quantitative estimate of drug-likeness (QED) is 0.178. The second-order valence-electron chi connectivity index (χ2n) is 14.4. The average Bonchev–Trinajstić information content (AvgIpc) is 3.80. The normalized spacial score (nSPS) is 15.0. The van der Waals surface area contributed by atoms with Crippen molar-refractivity contribution in [3.63, 3.8) is 0 Å². The Balaban J connectivity index is 1.07. The third-order valence-electron chi connectivity index (χ3n) is 11.8. The molecule has 2 aliphatic carbocycles. The third kappa shape index (κ3) is 4.06. The lowest BCUT2D eigenvalue weighted by Crippen LogP contribution is -2.27. The number of fused-ring (bicyclic) bond motifs is 11. The van der Waals surface area contributed by atoms with E-state index in [4.69, 9.17) is 0 Å². The summed E-state index contributed by atoms with van der Waals surface area (Å²) < 4.78 is 5.20. The number of rotatable bonds is 3. The van der Waals surface area contributed by atoms with Gasteiger partial charge in [-0.2, -0.15) is 0 Å². The highest BCUT2D eigenvalue weighted by Gasteiger charge is 2.43. The molecule has 11 rings (SSSR count). The summed E-state index contributed by atoms with van der Waals surface area (Å²) in [5.41, 5.74) is 14.9. The predicted molar refractivity (Wildman–Crippen MR) is 214 cm³/mol. The van der Waals surface area contributed by atoms with E-state index in [-0.39, 0.29) is 5.41 Å². The summed E-state index contributed by atoms with van der Waals surface area (Å²) in [6.45, 7) is 0. The van der Waals surface area contributed by atoms with Gasteiger partial charge in [0, 0.05) is 42.0 Å². The van der Waals surface area contributed by atoms with Crippen molar-refractivity contribution in [2.75, 3.05) is 0 Å². The molecule has 0 atom stereocenters. The molecule has 0 aliphatic heterocycles. The number of thiophene rings is 1. The number of hydrogen-bond acceptors (Lipinski definition) is 1. The Morgan fingerprint density at radius 2 is 1.10 bits per heavy atom. The monoisotopic (exact) mass is 657 g/mol. The fourth-order valence-electron chi connectivity index (χ4n) is 9.46. The fraction of sp³-hybridized carbons (Fsp3) is 0.125. The van der Waals surface area contributed by atoms with Crippen molar-refractivity contribution in [3.8, 4) is 39.1 Å².